The molecule has 1 fully saturated rings. The molecular weight excluding hydrogens is 356 g/mol. The Hall–Kier alpha value is -0.600. The van der Waals surface area contributed by atoms with Gasteiger partial charge in [0.1, 0.15) is 0 Å². The van der Waals surface area contributed by atoms with E-state index >= 15 is 0 Å². The number of hydrogen-bond donors (Lipinski definition) is 1. The molecule has 0 bridgehead atoms. The number of rotatable bonds is 2. The van der Waals surface area contributed by atoms with Crippen LogP contribution in [0.3, 0.4) is 0 Å². The van der Waals surface area contributed by atoms with Gasteiger partial charge in [-0.1, -0.05) is 6.42 Å². The van der Waals surface area contributed by atoms with Crippen LogP contribution in [0.2, 0.25) is 0 Å². The fourth-order valence-electron chi connectivity index (χ4n) is 0.997. The lowest BCUT2D eigenvalue weighted by Crippen LogP contribution is -2.34. The molecule has 1 aliphatic rings. The highest BCUT2D eigenvalue weighted by Gasteiger charge is 2.57. The van der Waals surface area contributed by atoms with Crippen molar-refractivity contribution in [2.75, 3.05) is 13.1 Å². The van der Waals surface area contributed by atoms with E-state index in [1.54, 1.807) is 0 Å². The lowest BCUT2D eigenvalue weighted by molar-refractivity contribution is -0.0585. The van der Waals surface area contributed by atoms with Gasteiger partial charge in [-0.15, -0.1) is 3.63 Å². The molecule has 0 spiro atoms. The fraction of sp³-hybridized carbons (Fsp3) is 1.00. The van der Waals surface area contributed by atoms with Crippen molar-refractivity contribution in [2.24, 2.45) is 0 Å². The Balaban J connectivity index is 0.000000547. The molecule has 128 valence electrons. The second kappa shape index (κ2) is 7.11. The van der Waals surface area contributed by atoms with E-state index in [9.17, 15) is 43.2 Å². The first-order valence-corrected chi connectivity index (χ1v) is 8.07. The second-order valence-corrected chi connectivity index (χ2v) is 6.97. The van der Waals surface area contributed by atoms with Gasteiger partial charge in [0, 0.05) is 0 Å². The van der Waals surface area contributed by atoms with Crippen LogP contribution in [-0.2, 0) is 23.9 Å². The fourth-order valence-corrected chi connectivity index (χ4v) is 2.56. The number of piperidine rings is 1. The third-order valence-electron chi connectivity index (χ3n) is 1.95. The highest BCUT2D eigenvalue weighted by Crippen LogP contribution is 2.32. The van der Waals surface area contributed by atoms with E-state index in [1.165, 1.54) is 32.4 Å². The van der Waals surface area contributed by atoms with Gasteiger partial charge in [-0.25, -0.2) is 0 Å². The summed E-state index contributed by atoms with van der Waals surface area (Å²) in [5.74, 6) is 0. The summed E-state index contributed by atoms with van der Waals surface area (Å²) < 4.78 is 110. The quantitative estimate of drug-likeness (QED) is 0.587. The highest BCUT2D eigenvalue weighted by molar-refractivity contribution is 8.00. The molecule has 1 heterocycles. The van der Waals surface area contributed by atoms with Gasteiger partial charge >= 0.3 is 31.3 Å². The second-order valence-electron chi connectivity index (χ2n) is 3.68. The predicted octanol–water partition coefficient (Wildman–Crippen LogP) is 1.46. The summed E-state index contributed by atoms with van der Waals surface area (Å²) in [4.78, 5) is 0. The van der Waals surface area contributed by atoms with Gasteiger partial charge in [-0.05, 0) is 25.9 Å². The third kappa shape index (κ3) is 6.80. The monoisotopic (exact) mass is 367 g/mol. The maximum absolute atomic E-state index is 11.4. The smallest absolute Gasteiger partial charge is 0.317 e. The minimum absolute atomic E-state index is 1.25. The van der Waals surface area contributed by atoms with E-state index < -0.39 is 31.3 Å². The Bertz CT molecular complexity index is 465. The van der Waals surface area contributed by atoms with Gasteiger partial charge in [-0.3, -0.25) is 0 Å². The maximum atomic E-state index is 11.4. The van der Waals surface area contributed by atoms with E-state index in [0.29, 0.717) is 0 Å². The van der Waals surface area contributed by atoms with Gasteiger partial charge in [0.15, 0.2) is 0 Å². The molecule has 21 heavy (non-hydrogen) atoms. The van der Waals surface area contributed by atoms with Gasteiger partial charge in [0.25, 0.3) is 0 Å². The lowest BCUT2D eigenvalue weighted by Gasteiger charge is -2.09. The summed E-state index contributed by atoms with van der Waals surface area (Å²) in [5, 5.41) is 3.28. The molecule has 0 radical (unpaired) electrons. The average Bonchev–Trinajstić information content (AvgIpc) is 2.27. The summed E-state index contributed by atoms with van der Waals surface area (Å²) in [6.07, 6.45) is 4.22. The average molecular weight is 367 g/mol. The van der Waals surface area contributed by atoms with Crippen LogP contribution in [0.25, 0.3) is 0 Å². The van der Waals surface area contributed by atoms with Crippen LogP contribution < -0.4 is 5.32 Å². The van der Waals surface area contributed by atoms with Crippen molar-refractivity contribution in [1.29, 1.82) is 0 Å². The minimum atomic E-state index is -6.85. The molecule has 0 aromatic heterocycles. The number of alkyl halides is 6. The SMILES string of the molecule is C1CCNCC1.O=S(=O)(OS(=O)(=O)C(F)(F)F)C(F)(F)F. The number of halogens is 6. The van der Waals surface area contributed by atoms with Gasteiger partial charge in [0.2, 0.25) is 0 Å². The Labute approximate surface area is 116 Å². The molecule has 6 nitrogen and oxygen atoms in total. The van der Waals surface area contributed by atoms with Gasteiger partial charge in [0.05, 0.1) is 0 Å². The molecule has 14 heteroatoms. The molecule has 0 aromatic carbocycles. The first kappa shape index (κ1) is 20.4. The molecule has 1 N–H and O–H groups in total. The van der Waals surface area contributed by atoms with E-state index in [-0.39, 0.29) is 0 Å². The van der Waals surface area contributed by atoms with Crippen molar-refractivity contribution in [2.45, 2.75) is 30.3 Å². The molecule has 0 saturated carbocycles. The van der Waals surface area contributed by atoms with E-state index in [4.69, 9.17) is 0 Å². The minimum Gasteiger partial charge on any atom is -0.317 e. The van der Waals surface area contributed by atoms with Crippen LogP contribution in [0.15, 0.2) is 0 Å². The summed E-state index contributed by atoms with van der Waals surface area (Å²) in [6, 6.07) is 0. The molecular formula is C7H11F6NO5S2. The van der Waals surface area contributed by atoms with Crippen LogP contribution >= 0.6 is 0 Å². The topological polar surface area (TPSA) is 89.5 Å². The van der Waals surface area contributed by atoms with Crippen LogP contribution in [-0.4, -0.2) is 40.9 Å². The van der Waals surface area contributed by atoms with Crippen molar-refractivity contribution in [3.8, 4) is 0 Å². The Morgan fingerprint density at radius 2 is 1.05 bits per heavy atom. The standard InChI is InChI=1S/C5H11N.C2F6O5S2/c1-2-4-6-5-3-1;3-1(4,5)14(9,10)13-15(11,12)2(6,7)8/h6H,1-5H2;. The molecule has 1 aliphatic heterocycles. The summed E-state index contributed by atoms with van der Waals surface area (Å²) >= 11 is 0. The molecule has 0 amide bonds. The van der Waals surface area contributed by atoms with Crippen molar-refractivity contribution in [3.63, 3.8) is 0 Å². The predicted molar refractivity (Wildman–Crippen MR) is 57.8 cm³/mol. The molecule has 0 atom stereocenters. The van der Waals surface area contributed by atoms with Crippen molar-refractivity contribution >= 4 is 20.2 Å². The zero-order valence-electron chi connectivity index (χ0n) is 10.2. The summed E-state index contributed by atoms with van der Waals surface area (Å²) in [7, 11) is -13.7. The highest BCUT2D eigenvalue weighted by atomic mass is 32.3. The number of nitrogens with one attached hydrogen (secondary N) is 1. The molecule has 0 aliphatic carbocycles. The van der Waals surface area contributed by atoms with E-state index in [1.807, 2.05) is 3.63 Å². The Kier molecular flexibility index (Phi) is 6.90. The third-order valence-corrected chi connectivity index (χ3v) is 4.52. The van der Waals surface area contributed by atoms with Crippen molar-refractivity contribution in [1.82, 2.24) is 5.32 Å². The molecule has 0 aromatic rings. The van der Waals surface area contributed by atoms with Gasteiger partial charge < -0.3 is 5.32 Å². The zero-order valence-corrected chi connectivity index (χ0v) is 11.8. The molecule has 1 rings (SSSR count). The van der Waals surface area contributed by atoms with E-state index in [0.717, 1.165) is 0 Å². The van der Waals surface area contributed by atoms with Gasteiger partial charge in [-0.2, -0.15) is 43.2 Å². The van der Waals surface area contributed by atoms with E-state index in [2.05, 4.69) is 5.32 Å². The lowest BCUT2D eigenvalue weighted by atomic mass is 10.2. The normalized spacial score (nSPS) is 17.8. The van der Waals surface area contributed by atoms with Crippen LogP contribution in [0.5, 0.6) is 0 Å². The first-order chi connectivity index (χ1) is 9.21. The number of hydrogen-bond acceptors (Lipinski definition) is 6. The Morgan fingerprint density at radius 1 is 0.714 bits per heavy atom. The molecule has 1 saturated heterocycles. The zero-order chi connectivity index (χ0) is 16.9. The van der Waals surface area contributed by atoms with Crippen LogP contribution in [0, 0.1) is 0 Å². The van der Waals surface area contributed by atoms with Crippen molar-refractivity contribution in [3.05, 3.63) is 0 Å². The largest absolute Gasteiger partial charge is 0.524 e. The van der Waals surface area contributed by atoms with Crippen LogP contribution in [0.1, 0.15) is 19.3 Å². The summed E-state index contributed by atoms with van der Waals surface area (Å²) in [5.41, 5.74) is -12.5. The Morgan fingerprint density at radius 3 is 1.19 bits per heavy atom. The van der Waals surface area contributed by atoms with Crippen LogP contribution in [0.4, 0.5) is 26.3 Å². The first-order valence-electron chi connectivity index (χ1n) is 5.25. The maximum Gasteiger partial charge on any atom is 0.524 e. The molecule has 0 unspecified atom stereocenters. The van der Waals surface area contributed by atoms with Crippen molar-refractivity contribution < 1.29 is 46.8 Å². The summed E-state index contributed by atoms with van der Waals surface area (Å²) in [6.45, 7) is 2.50.